The Labute approximate surface area is 120 Å². The van der Waals surface area contributed by atoms with Gasteiger partial charge in [-0.25, -0.2) is 4.39 Å². The van der Waals surface area contributed by atoms with Crippen molar-refractivity contribution in [2.45, 2.75) is 39.5 Å². The number of rotatable bonds is 3. The van der Waals surface area contributed by atoms with Crippen LogP contribution >= 0.6 is 0 Å². The second kappa shape index (κ2) is 6.25. The van der Waals surface area contributed by atoms with Crippen molar-refractivity contribution < 1.29 is 9.18 Å². The van der Waals surface area contributed by atoms with Crippen molar-refractivity contribution in [1.82, 2.24) is 4.90 Å². The SMILES string of the molecule is CCCC1CCN(C(=O)c2cc(N)c(C)c(F)c2)CC1. The smallest absolute Gasteiger partial charge is 0.254 e. The number of nitrogen functional groups attached to an aromatic ring is 1. The number of nitrogens with two attached hydrogens (primary N) is 1. The maximum atomic E-state index is 13.7. The van der Waals surface area contributed by atoms with Crippen molar-refractivity contribution in [3.8, 4) is 0 Å². The van der Waals surface area contributed by atoms with Gasteiger partial charge in [-0.3, -0.25) is 4.79 Å². The van der Waals surface area contributed by atoms with Crippen molar-refractivity contribution >= 4 is 11.6 Å². The minimum atomic E-state index is -0.408. The summed E-state index contributed by atoms with van der Waals surface area (Å²) in [4.78, 5) is 14.2. The Morgan fingerprint density at radius 2 is 2.05 bits per heavy atom. The van der Waals surface area contributed by atoms with E-state index in [-0.39, 0.29) is 5.91 Å². The molecular formula is C16H23FN2O. The Kier molecular flexibility index (Phi) is 4.63. The summed E-state index contributed by atoms with van der Waals surface area (Å²) >= 11 is 0. The van der Waals surface area contributed by atoms with Gasteiger partial charge < -0.3 is 10.6 Å². The first kappa shape index (κ1) is 14.8. The molecular weight excluding hydrogens is 255 g/mol. The molecule has 1 amide bonds. The quantitative estimate of drug-likeness (QED) is 0.862. The number of anilines is 1. The van der Waals surface area contributed by atoms with Gasteiger partial charge in [0.15, 0.2) is 0 Å². The topological polar surface area (TPSA) is 46.3 Å². The van der Waals surface area contributed by atoms with E-state index < -0.39 is 5.82 Å². The molecule has 2 N–H and O–H groups in total. The van der Waals surface area contributed by atoms with Gasteiger partial charge in [-0.1, -0.05) is 19.8 Å². The highest BCUT2D eigenvalue weighted by molar-refractivity contribution is 5.95. The van der Waals surface area contributed by atoms with Crippen LogP contribution in [0, 0.1) is 18.7 Å². The standard InChI is InChI=1S/C16H23FN2O/c1-3-4-12-5-7-19(8-6-12)16(20)13-9-14(17)11(2)15(18)10-13/h9-10,12H,3-8,18H2,1-2H3. The third kappa shape index (κ3) is 3.11. The molecule has 0 bridgehead atoms. The van der Waals surface area contributed by atoms with E-state index in [2.05, 4.69) is 6.92 Å². The number of likely N-dealkylation sites (tertiary alicyclic amines) is 1. The molecule has 110 valence electrons. The molecule has 1 aromatic rings. The molecule has 0 spiro atoms. The third-order valence-electron chi connectivity index (χ3n) is 4.23. The van der Waals surface area contributed by atoms with Crippen LogP contribution in [0.5, 0.6) is 0 Å². The number of benzene rings is 1. The van der Waals surface area contributed by atoms with Crippen LogP contribution < -0.4 is 5.73 Å². The van der Waals surface area contributed by atoms with E-state index in [0.29, 0.717) is 16.8 Å². The normalized spacial score (nSPS) is 16.4. The second-order valence-corrected chi connectivity index (χ2v) is 5.70. The van der Waals surface area contributed by atoms with Gasteiger partial charge in [0, 0.05) is 29.9 Å². The van der Waals surface area contributed by atoms with E-state index in [0.717, 1.165) is 31.8 Å². The van der Waals surface area contributed by atoms with Crippen molar-refractivity contribution in [3.05, 3.63) is 29.1 Å². The number of nitrogens with zero attached hydrogens (tertiary/aromatic N) is 1. The first-order valence-corrected chi connectivity index (χ1v) is 7.37. The average Bonchev–Trinajstić information content (AvgIpc) is 2.44. The van der Waals surface area contributed by atoms with Gasteiger partial charge in [0.25, 0.3) is 5.91 Å². The molecule has 3 nitrogen and oxygen atoms in total. The van der Waals surface area contributed by atoms with E-state index >= 15 is 0 Å². The highest BCUT2D eigenvalue weighted by Crippen LogP contribution is 2.24. The molecule has 1 aliphatic heterocycles. The lowest BCUT2D eigenvalue weighted by Crippen LogP contribution is -2.38. The predicted molar refractivity (Wildman–Crippen MR) is 79.1 cm³/mol. The fourth-order valence-electron chi connectivity index (χ4n) is 2.84. The Balaban J connectivity index is 2.06. The minimum absolute atomic E-state index is 0.106. The Hall–Kier alpha value is -1.58. The fraction of sp³-hybridized carbons (Fsp3) is 0.562. The van der Waals surface area contributed by atoms with Gasteiger partial charge in [-0.05, 0) is 37.8 Å². The van der Waals surface area contributed by atoms with Gasteiger partial charge in [-0.15, -0.1) is 0 Å². The number of halogens is 1. The van der Waals surface area contributed by atoms with E-state index in [1.165, 1.54) is 18.9 Å². The van der Waals surface area contributed by atoms with Crippen LogP contribution in [0.4, 0.5) is 10.1 Å². The molecule has 20 heavy (non-hydrogen) atoms. The number of carbonyl (C=O) groups is 1. The summed E-state index contributed by atoms with van der Waals surface area (Å²) in [6.07, 6.45) is 4.51. The van der Waals surface area contributed by atoms with Crippen molar-refractivity contribution in [2.24, 2.45) is 5.92 Å². The average molecular weight is 278 g/mol. The van der Waals surface area contributed by atoms with Crippen LogP contribution in [0.3, 0.4) is 0 Å². The molecule has 0 radical (unpaired) electrons. The van der Waals surface area contributed by atoms with Gasteiger partial charge >= 0.3 is 0 Å². The predicted octanol–water partition coefficient (Wildman–Crippen LogP) is 3.37. The summed E-state index contributed by atoms with van der Waals surface area (Å²) in [6.45, 7) is 5.34. The maximum absolute atomic E-state index is 13.7. The highest BCUT2D eigenvalue weighted by Gasteiger charge is 2.24. The molecule has 0 unspecified atom stereocenters. The largest absolute Gasteiger partial charge is 0.398 e. The zero-order chi connectivity index (χ0) is 14.7. The van der Waals surface area contributed by atoms with Crippen LogP contribution in [0.2, 0.25) is 0 Å². The Bertz CT molecular complexity index is 470. The Morgan fingerprint density at radius 3 is 2.60 bits per heavy atom. The molecule has 2 rings (SSSR count). The molecule has 1 aromatic carbocycles. The number of piperidine rings is 1. The zero-order valence-corrected chi connectivity index (χ0v) is 12.3. The zero-order valence-electron chi connectivity index (χ0n) is 12.3. The minimum Gasteiger partial charge on any atom is -0.398 e. The van der Waals surface area contributed by atoms with E-state index in [1.54, 1.807) is 13.0 Å². The van der Waals surface area contributed by atoms with Crippen molar-refractivity contribution in [3.63, 3.8) is 0 Å². The Morgan fingerprint density at radius 1 is 1.40 bits per heavy atom. The molecule has 0 saturated carbocycles. The summed E-state index contributed by atoms with van der Waals surface area (Å²) in [6, 6.07) is 2.88. The molecule has 4 heteroatoms. The first-order chi connectivity index (χ1) is 9.52. The molecule has 1 saturated heterocycles. The van der Waals surface area contributed by atoms with Crippen LogP contribution in [0.25, 0.3) is 0 Å². The van der Waals surface area contributed by atoms with E-state index in [9.17, 15) is 9.18 Å². The van der Waals surface area contributed by atoms with Crippen LogP contribution in [-0.2, 0) is 0 Å². The number of amides is 1. The van der Waals surface area contributed by atoms with E-state index in [4.69, 9.17) is 5.73 Å². The van der Waals surface area contributed by atoms with E-state index in [1.807, 2.05) is 4.90 Å². The van der Waals surface area contributed by atoms with Crippen LogP contribution in [0.15, 0.2) is 12.1 Å². The molecule has 1 heterocycles. The maximum Gasteiger partial charge on any atom is 0.254 e. The second-order valence-electron chi connectivity index (χ2n) is 5.70. The fourth-order valence-corrected chi connectivity index (χ4v) is 2.84. The summed E-state index contributed by atoms with van der Waals surface area (Å²) in [5, 5.41) is 0. The summed E-state index contributed by atoms with van der Waals surface area (Å²) in [5.41, 5.74) is 6.85. The van der Waals surface area contributed by atoms with Gasteiger partial charge in [-0.2, -0.15) is 0 Å². The lowest BCUT2D eigenvalue weighted by atomic mass is 9.92. The number of hydrogen-bond donors (Lipinski definition) is 1. The first-order valence-electron chi connectivity index (χ1n) is 7.37. The van der Waals surface area contributed by atoms with Gasteiger partial charge in [0.1, 0.15) is 5.82 Å². The van der Waals surface area contributed by atoms with Gasteiger partial charge in [0.2, 0.25) is 0 Å². The van der Waals surface area contributed by atoms with Crippen LogP contribution in [0.1, 0.15) is 48.5 Å². The lowest BCUT2D eigenvalue weighted by Gasteiger charge is -2.32. The highest BCUT2D eigenvalue weighted by atomic mass is 19.1. The monoisotopic (exact) mass is 278 g/mol. The van der Waals surface area contributed by atoms with Crippen LogP contribution in [-0.4, -0.2) is 23.9 Å². The summed E-state index contributed by atoms with van der Waals surface area (Å²) in [5.74, 6) is 0.212. The molecule has 0 aliphatic carbocycles. The summed E-state index contributed by atoms with van der Waals surface area (Å²) in [7, 11) is 0. The molecule has 1 aliphatic rings. The molecule has 1 fully saturated rings. The number of carbonyl (C=O) groups excluding carboxylic acids is 1. The number of hydrogen-bond acceptors (Lipinski definition) is 2. The summed E-state index contributed by atoms with van der Waals surface area (Å²) < 4.78 is 13.7. The lowest BCUT2D eigenvalue weighted by molar-refractivity contribution is 0.0686. The molecule has 0 aromatic heterocycles. The molecule has 0 atom stereocenters. The van der Waals surface area contributed by atoms with Crippen molar-refractivity contribution in [1.29, 1.82) is 0 Å². The third-order valence-corrected chi connectivity index (χ3v) is 4.23. The van der Waals surface area contributed by atoms with Crippen molar-refractivity contribution in [2.75, 3.05) is 18.8 Å². The van der Waals surface area contributed by atoms with Gasteiger partial charge in [0.05, 0.1) is 0 Å².